The van der Waals surface area contributed by atoms with Gasteiger partial charge in [0.25, 0.3) is 0 Å². The van der Waals surface area contributed by atoms with E-state index >= 15 is 0 Å². The fraction of sp³-hybridized carbons (Fsp3) is 0.611. The van der Waals surface area contributed by atoms with Crippen LogP contribution in [0.5, 0.6) is 0 Å². The lowest BCUT2D eigenvalue weighted by atomic mass is 10.1. The van der Waals surface area contributed by atoms with Gasteiger partial charge in [-0.1, -0.05) is 51.2 Å². The van der Waals surface area contributed by atoms with Gasteiger partial charge >= 0.3 is 0 Å². The van der Waals surface area contributed by atoms with Crippen molar-refractivity contribution in [3.63, 3.8) is 0 Å². The largest absolute Gasteiger partial charge is 0.370 e. The van der Waals surface area contributed by atoms with Crippen LogP contribution in [-0.4, -0.2) is 39.3 Å². The van der Waals surface area contributed by atoms with Gasteiger partial charge in [-0.3, -0.25) is 0 Å². The summed E-state index contributed by atoms with van der Waals surface area (Å²) in [4.78, 5) is 4.57. The van der Waals surface area contributed by atoms with Gasteiger partial charge in [-0.25, -0.2) is 17.7 Å². The Hall–Kier alpha value is -1.60. The third-order valence-electron chi connectivity index (χ3n) is 3.97. The van der Waals surface area contributed by atoms with Crippen molar-refractivity contribution in [2.24, 2.45) is 10.7 Å². The SMILES string of the molecule is CCCCCCCCNC(N)=NCc1ccc(S(=O)(=O)N(C)C)cc1. The van der Waals surface area contributed by atoms with Gasteiger partial charge in [-0.05, 0) is 24.1 Å². The molecular formula is C18H32N4O2S. The van der Waals surface area contributed by atoms with Crippen LogP contribution >= 0.6 is 0 Å². The number of hydrogen-bond donors (Lipinski definition) is 2. The molecule has 0 aliphatic rings. The van der Waals surface area contributed by atoms with E-state index in [1.54, 1.807) is 24.3 Å². The number of nitrogens with zero attached hydrogens (tertiary/aromatic N) is 2. The number of guanidine groups is 1. The van der Waals surface area contributed by atoms with E-state index in [0.717, 1.165) is 18.5 Å². The van der Waals surface area contributed by atoms with Crippen LogP contribution in [0.15, 0.2) is 34.2 Å². The van der Waals surface area contributed by atoms with E-state index in [1.165, 1.54) is 50.5 Å². The van der Waals surface area contributed by atoms with Crippen molar-refractivity contribution in [3.05, 3.63) is 29.8 Å². The van der Waals surface area contributed by atoms with Crippen LogP contribution in [-0.2, 0) is 16.6 Å². The number of sulfonamides is 1. The molecule has 0 aromatic heterocycles. The summed E-state index contributed by atoms with van der Waals surface area (Å²) in [7, 11) is -0.353. The minimum Gasteiger partial charge on any atom is -0.370 e. The fourth-order valence-electron chi connectivity index (χ4n) is 2.33. The molecule has 142 valence electrons. The second kappa shape index (κ2) is 11.1. The van der Waals surface area contributed by atoms with Gasteiger partial charge in [0.1, 0.15) is 0 Å². The Labute approximate surface area is 152 Å². The molecule has 25 heavy (non-hydrogen) atoms. The summed E-state index contributed by atoms with van der Waals surface area (Å²) in [6.45, 7) is 3.48. The van der Waals surface area contributed by atoms with Crippen molar-refractivity contribution < 1.29 is 8.42 Å². The van der Waals surface area contributed by atoms with Crippen LogP contribution in [0, 0.1) is 0 Å². The van der Waals surface area contributed by atoms with Crippen LogP contribution in [0.1, 0.15) is 51.0 Å². The average Bonchev–Trinajstić information content (AvgIpc) is 2.59. The lowest BCUT2D eigenvalue weighted by Gasteiger charge is -2.11. The minimum atomic E-state index is -3.39. The number of hydrogen-bond acceptors (Lipinski definition) is 3. The molecule has 0 saturated heterocycles. The van der Waals surface area contributed by atoms with E-state index in [4.69, 9.17) is 5.73 Å². The fourth-order valence-corrected chi connectivity index (χ4v) is 3.23. The van der Waals surface area contributed by atoms with Gasteiger partial charge in [0.05, 0.1) is 11.4 Å². The Morgan fingerprint density at radius 3 is 2.28 bits per heavy atom. The van der Waals surface area contributed by atoms with Crippen LogP contribution < -0.4 is 11.1 Å². The van der Waals surface area contributed by atoms with Gasteiger partial charge in [0, 0.05) is 20.6 Å². The molecule has 0 unspecified atom stereocenters. The van der Waals surface area contributed by atoms with E-state index in [9.17, 15) is 8.42 Å². The van der Waals surface area contributed by atoms with E-state index < -0.39 is 10.0 Å². The highest BCUT2D eigenvalue weighted by atomic mass is 32.2. The summed E-state index contributed by atoms with van der Waals surface area (Å²) in [5.41, 5.74) is 6.78. The molecule has 0 spiro atoms. The standard InChI is InChI=1S/C18H32N4O2S/c1-4-5-6-7-8-9-14-20-18(19)21-15-16-10-12-17(13-11-16)25(23,24)22(2)3/h10-13H,4-9,14-15H2,1-3H3,(H3,19,20,21). The Morgan fingerprint density at radius 1 is 1.08 bits per heavy atom. The average molecular weight is 369 g/mol. The van der Waals surface area contributed by atoms with Crippen LogP contribution in [0.2, 0.25) is 0 Å². The van der Waals surface area contributed by atoms with Crippen molar-refractivity contribution in [2.75, 3.05) is 20.6 Å². The predicted octanol–water partition coefficient (Wildman–Crippen LogP) is 2.70. The van der Waals surface area contributed by atoms with Gasteiger partial charge in [0.15, 0.2) is 5.96 Å². The minimum absolute atomic E-state index is 0.277. The molecule has 1 aromatic rings. The Kier molecular flexibility index (Phi) is 9.52. The normalized spacial score (nSPS) is 12.6. The highest BCUT2D eigenvalue weighted by Crippen LogP contribution is 2.14. The third kappa shape index (κ3) is 7.88. The molecule has 0 amide bonds. The summed E-state index contributed by atoms with van der Waals surface area (Å²) in [6, 6.07) is 6.72. The Balaban J connectivity index is 2.37. The zero-order valence-electron chi connectivity index (χ0n) is 15.7. The van der Waals surface area contributed by atoms with E-state index in [0.29, 0.717) is 12.5 Å². The molecule has 7 heteroatoms. The first kappa shape index (κ1) is 21.4. The zero-order valence-corrected chi connectivity index (χ0v) is 16.5. The summed E-state index contributed by atoms with van der Waals surface area (Å²) in [5.74, 6) is 0.429. The molecule has 6 nitrogen and oxygen atoms in total. The molecule has 0 bridgehead atoms. The van der Waals surface area contributed by atoms with Crippen molar-refractivity contribution in [1.82, 2.24) is 9.62 Å². The first-order chi connectivity index (χ1) is 11.9. The first-order valence-electron chi connectivity index (χ1n) is 8.93. The molecule has 1 aromatic carbocycles. The summed E-state index contributed by atoms with van der Waals surface area (Å²) in [6.07, 6.45) is 7.46. The number of unbranched alkanes of at least 4 members (excludes halogenated alkanes) is 5. The van der Waals surface area contributed by atoms with E-state index in [-0.39, 0.29) is 4.90 Å². The third-order valence-corrected chi connectivity index (χ3v) is 5.80. The topological polar surface area (TPSA) is 87.8 Å². The number of aliphatic imine (C=N–C) groups is 1. The van der Waals surface area contributed by atoms with Gasteiger partial charge in [0.2, 0.25) is 10.0 Å². The monoisotopic (exact) mass is 368 g/mol. The van der Waals surface area contributed by atoms with Gasteiger partial charge < -0.3 is 11.1 Å². The van der Waals surface area contributed by atoms with E-state index in [2.05, 4.69) is 17.2 Å². The van der Waals surface area contributed by atoms with Gasteiger partial charge in [-0.15, -0.1) is 0 Å². The second-order valence-corrected chi connectivity index (χ2v) is 8.48. The molecule has 0 heterocycles. The Morgan fingerprint density at radius 2 is 1.68 bits per heavy atom. The van der Waals surface area contributed by atoms with E-state index in [1.807, 2.05) is 0 Å². The highest BCUT2D eigenvalue weighted by Gasteiger charge is 2.16. The second-order valence-electron chi connectivity index (χ2n) is 6.33. The smallest absolute Gasteiger partial charge is 0.242 e. The highest BCUT2D eigenvalue weighted by molar-refractivity contribution is 7.89. The maximum absolute atomic E-state index is 12.0. The molecular weight excluding hydrogens is 336 g/mol. The molecule has 0 aliphatic heterocycles. The zero-order chi connectivity index (χ0) is 18.7. The van der Waals surface area contributed by atoms with Crippen molar-refractivity contribution in [2.45, 2.75) is 56.9 Å². The lowest BCUT2D eigenvalue weighted by Crippen LogP contribution is -2.32. The molecule has 3 N–H and O–H groups in total. The van der Waals surface area contributed by atoms with Gasteiger partial charge in [-0.2, -0.15) is 0 Å². The predicted molar refractivity (Wildman–Crippen MR) is 104 cm³/mol. The maximum atomic E-state index is 12.0. The number of benzene rings is 1. The quantitative estimate of drug-likeness (QED) is 0.357. The number of nitrogens with two attached hydrogens (primary N) is 1. The number of nitrogens with one attached hydrogen (secondary N) is 1. The molecule has 0 atom stereocenters. The maximum Gasteiger partial charge on any atom is 0.242 e. The van der Waals surface area contributed by atoms with Crippen molar-refractivity contribution in [1.29, 1.82) is 0 Å². The summed E-state index contributed by atoms with van der Waals surface area (Å²) >= 11 is 0. The van der Waals surface area contributed by atoms with Crippen LogP contribution in [0.4, 0.5) is 0 Å². The molecule has 0 saturated carbocycles. The summed E-state index contributed by atoms with van der Waals surface area (Å²) in [5, 5.41) is 3.12. The van der Waals surface area contributed by atoms with Crippen LogP contribution in [0.3, 0.4) is 0 Å². The number of rotatable bonds is 11. The van der Waals surface area contributed by atoms with Crippen molar-refractivity contribution >= 4 is 16.0 Å². The summed E-state index contributed by atoms with van der Waals surface area (Å²) < 4.78 is 25.2. The van der Waals surface area contributed by atoms with Crippen LogP contribution in [0.25, 0.3) is 0 Å². The molecule has 0 aliphatic carbocycles. The molecule has 0 radical (unpaired) electrons. The lowest BCUT2D eigenvalue weighted by molar-refractivity contribution is 0.520. The molecule has 1 rings (SSSR count). The first-order valence-corrected chi connectivity index (χ1v) is 10.4. The Bertz CT molecular complexity index is 625. The molecule has 0 fully saturated rings. The van der Waals surface area contributed by atoms with Crippen molar-refractivity contribution in [3.8, 4) is 0 Å².